The molecule has 0 radical (unpaired) electrons. The quantitative estimate of drug-likeness (QED) is 0.252. The molecule has 1 aliphatic rings. The lowest BCUT2D eigenvalue weighted by Gasteiger charge is -2.13. The molecule has 9 heteroatoms. The van der Waals surface area contributed by atoms with Crippen molar-refractivity contribution in [3.63, 3.8) is 0 Å². The van der Waals surface area contributed by atoms with E-state index in [0.717, 1.165) is 0 Å². The highest BCUT2D eigenvalue weighted by molar-refractivity contribution is 8.26. The van der Waals surface area contributed by atoms with Crippen LogP contribution in [0.2, 0.25) is 0 Å². The molecule has 3 rings (SSSR count). The Hall–Kier alpha value is -2.62. The minimum absolute atomic E-state index is 0.0439. The van der Waals surface area contributed by atoms with Crippen LogP contribution < -0.4 is 8.92 Å². The molecule has 6 nitrogen and oxygen atoms in total. The van der Waals surface area contributed by atoms with E-state index < -0.39 is 10.1 Å². The van der Waals surface area contributed by atoms with Crippen LogP contribution in [0.15, 0.2) is 71.0 Å². The van der Waals surface area contributed by atoms with E-state index in [2.05, 4.69) is 6.58 Å². The number of thioether (sulfide) groups is 1. The molecule has 0 unspecified atom stereocenters. The van der Waals surface area contributed by atoms with Crippen molar-refractivity contribution >= 4 is 50.4 Å². The summed E-state index contributed by atoms with van der Waals surface area (Å²) in [6.07, 6.45) is 3.29. The van der Waals surface area contributed by atoms with Gasteiger partial charge in [0.2, 0.25) is 0 Å². The Balaban J connectivity index is 1.90. The van der Waals surface area contributed by atoms with Gasteiger partial charge in [0, 0.05) is 6.54 Å². The first-order valence-corrected chi connectivity index (χ1v) is 11.6. The second-order valence-corrected chi connectivity index (χ2v) is 9.29. The van der Waals surface area contributed by atoms with Crippen LogP contribution in [0.3, 0.4) is 0 Å². The van der Waals surface area contributed by atoms with Gasteiger partial charge >= 0.3 is 10.1 Å². The van der Waals surface area contributed by atoms with E-state index in [1.165, 1.54) is 34.9 Å². The summed E-state index contributed by atoms with van der Waals surface area (Å²) >= 11 is 6.44. The van der Waals surface area contributed by atoms with Gasteiger partial charge in [-0.1, -0.05) is 54.3 Å². The summed E-state index contributed by atoms with van der Waals surface area (Å²) in [6.45, 7) is 6.07. The number of thiocarbonyl (C=S) groups is 1. The van der Waals surface area contributed by atoms with Crippen molar-refractivity contribution in [1.29, 1.82) is 0 Å². The van der Waals surface area contributed by atoms with Gasteiger partial charge < -0.3 is 8.92 Å². The number of hydrogen-bond donors (Lipinski definition) is 0. The van der Waals surface area contributed by atoms with Gasteiger partial charge in [0.1, 0.15) is 9.22 Å². The van der Waals surface area contributed by atoms with Crippen molar-refractivity contribution in [3.05, 3.63) is 71.7 Å². The molecule has 0 N–H and O–H groups in total. The average molecular weight is 462 g/mol. The van der Waals surface area contributed by atoms with E-state index in [4.69, 9.17) is 21.1 Å². The van der Waals surface area contributed by atoms with Gasteiger partial charge in [-0.3, -0.25) is 9.69 Å². The number of hydrogen-bond acceptors (Lipinski definition) is 7. The van der Waals surface area contributed by atoms with Crippen molar-refractivity contribution in [3.8, 4) is 11.5 Å². The fraction of sp³-hybridized carbons (Fsp3) is 0.143. The molecular weight excluding hydrogens is 442 g/mol. The lowest BCUT2D eigenvalue weighted by atomic mass is 10.2. The lowest BCUT2D eigenvalue weighted by molar-refractivity contribution is -0.121. The maximum Gasteiger partial charge on any atom is 0.339 e. The Labute approximate surface area is 185 Å². The molecule has 2 aromatic rings. The van der Waals surface area contributed by atoms with Crippen LogP contribution in [0.5, 0.6) is 11.5 Å². The number of carbonyl (C=O) groups is 1. The number of nitrogens with zero attached hydrogens (tertiary/aromatic N) is 1. The predicted octanol–water partition coefficient (Wildman–Crippen LogP) is 4.24. The van der Waals surface area contributed by atoms with E-state index in [-0.39, 0.29) is 22.3 Å². The van der Waals surface area contributed by atoms with Crippen LogP contribution in [-0.2, 0) is 14.9 Å². The van der Waals surface area contributed by atoms with E-state index in [1.807, 2.05) is 0 Å². The van der Waals surface area contributed by atoms with E-state index >= 15 is 0 Å². The van der Waals surface area contributed by atoms with Gasteiger partial charge in [0.15, 0.2) is 11.5 Å². The fourth-order valence-corrected chi connectivity index (χ4v) is 4.88. The monoisotopic (exact) mass is 461 g/mol. The third-order valence-electron chi connectivity index (χ3n) is 3.98. The first-order valence-electron chi connectivity index (χ1n) is 8.98. The molecule has 0 atom stereocenters. The number of carbonyl (C=O) groups excluding carboxylic acids is 1. The van der Waals surface area contributed by atoms with Crippen LogP contribution in [-0.4, -0.2) is 36.7 Å². The number of ether oxygens (including phenoxy) is 1. The zero-order chi connectivity index (χ0) is 21.7. The molecule has 0 aliphatic carbocycles. The molecule has 0 saturated carbocycles. The summed E-state index contributed by atoms with van der Waals surface area (Å²) in [5.41, 5.74) is 0.655. The molecule has 0 spiro atoms. The zero-order valence-electron chi connectivity index (χ0n) is 16.1. The molecule has 0 aromatic heterocycles. The molecule has 1 amide bonds. The summed E-state index contributed by atoms with van der Waals surface area (Å²) in [5, 5.41) is 0. The van der Waals surface area contributed by atoms with Crippen molar-refractivity contribution in [2.75, 3.05) is 13.2 Å². The second-order valence-electron chi connectivity index (χ2n) is 6.07. The summed E-state index contributed by atoms with van der Waals surface area (Å²) in [5.74, 6) is 0.124. The maximum atomic E-state index is 12.5. The highest BCUT2D eigenvalue weighted by Gasteiger charge is 2.31. The standard InChI is InChI=1S/C21H19NO5S3/c1-3-12-22-20(23)19(29-21(22)28)14-15-10-11-17(18(13-15)26-4-2)27-30(24,25)16-8-6-5-7-9-16/h3,5-11,13-14H,1,4,12H2,2H3. The molecule has 156 valence electrons. The van der Waals surface area contributed by atoms with E-state index in [9.17, 15) is 13.2 Å². The smallest absolute Gasteiger partial charge is 0.339 e. The Bertz CT molecular complexity index is 1110. The summed E-state index contributed by atoms with van der Waals surface area (Å²) in [4.78, 5) is 14.5. The summed E-state index contributed by atoms with van der Waals surface area (Å²) in [7, 11) is -4.01. The maximum absolute atomic E-state index is 12.5. The first kappa shape index (κ1) is 22.1. The molecular formula is C21H19NO5S3. The lowest BCUT2D eigenvalue weighted by Crippen LogP contribution is -2.27. The molecule has 30 heavy (non-hydrogen) atoms. The third-order valence-corrected chi connectivity index (χ3v) is 6.61. The van der Waals surface area contributed by atoms with Crippen LogP contribution in [0, 0.1) is 0 Å². The van der Waals surface area contributed by atoms with Crippen LogP contribution >= 0.6 is 24.0 Å². The van der Waals surface area contributed by atoms with Gasteiger partial charge in [-0.05, 0) is 42.8 Å². The molecule has 1 heterocycles. The fourth-order valence-electron chi connectivity index (χ4n) is 2.64. The third kappa shape index (κ3) is 4.92. The zero-order valence-corrected chi connectivity index (χ0v) is 18.6. The normalized spacial score (nSPS) is 15.5. The van der Waals surface area contributed by atoms with E-state index in [1.54, 1.807) is 49.4 Å². The first-order chi connectivity index (χ1) is 14.4. The number of amides is 1. The van der Waals surface area contributed by atoms with Crippen molar-refractivity contribution in [1.82, 2.24) is 4.90 Å². The minimum atomic E-state index is -4.01. The average Bonchev–Trinajstić information content (AvgIpc) is 2.98. The predicted molar refractivity (Wildman–Crippen MR) is 122 cm³/mol. The summed E-state index contributed by atoms with van der Waals surface area (Å²) in [6, 6.07) is 12.6. The molecule has 1 aliphatic heterocycles. The van der Waals surface area contributed by atoms with Crippen molar-refractivity contribution < 1.29 is 22.1 Å². The van der Waals surface area contributed by atoms with Gasteiger partial charge in [-0.15, -0.1) is 6.58 Å². The highest BCUT2D eigenvalue weighted by Crippen LogP contribution is 2.35. The number of benzene rings is 2. The molecule has 0 bridgehead atoms. The van der Waals surface area contributed by atoms with E-state index in [0.29, 0.717) is 27.9 Å². The molecule has 1 fully saturated rings. The van der Waals surface area contributed by atoms with Crippen LogP contribution in [0.4, 0.5) is 0 Å². The Morgan fingerprint density at radius 1 is 1.17 bits per heavy atom. The van der Waals surface area contributed by atoms with Crippen molar-refractivity contribution in [2.45, 2.75) is 11.8 Å². The SMILES string of the molecule is C=CCN1C(=O)C(=Cc2ccc(OS(=O)(=O)c3ccccc3)c(OCC)c2)SC1=S. The Morgan fingerprint density at radius 2 is 1.90 bits per heavy atom. The van der Waals surface area contributed by atoms with Gasteiger partial charge in [-0.2, -0.15) is 8.42 Å². The minimum Gasteiger partial charge on any atom is -0.490 e. The van der Waals surface area contributed by atoms with Crippen molar-refractivity contribution in [2.24, 2.45) is 0 Å². The largest absolute Gasteiger partial charge is 0.490 e. The van der Waals surface area contributed by atoms with Crippen LogP contribution in [0.25, 0.3) is 6.08 Å². The second kappa shape index (κ2) is 9.46. The Morgan fingerprint density at radius 3 is 2.57 bits per heavy atom. The summed E-state index contributed by atoms with van der Waals surface area (Å²) < 4.78 is 36.4. The topological polar surface area (TPSA) is 72.9 Å². The Kier molecular flexibility index (Phi) is 6.96. The van der Waals surface area contributed by atoms with Crippen LogP contribution in [0.1, 0.15) is 12.5 Å². The van der Waals surface area contributed by atoms with Gasteiger partial charge in [0.05, 0.1) is 11.5 Å². The highest BCUT2D eigenvalue weighted by atomic mass is 32.2. The molecule has 1 saturated heterocycles. The number of rotatable bonds is 8. The van der Waals surface area contributed by atoms with Gasteiger partial charge in [-0.25, -0.2) is 0 Å². The van der Waals surface area contributed by atoms with Gasteiger partial charge in [0.25, 0.3) is 5.91 Å². The molecule has 2 aromatic carbocycles.